The highest BCUT2D eigenvalue weighted by Crippen LogP contribution is 2.41. The molecule has 150 valence electrons. The Morgan fingerprint density at radius 1 is 1.21 bits per heavy atom. The molecule has 2 heterocycles. The predicted molar refractivity (Wildman–Crippen MR) is 107 cm³/mol. The number of anilines is 1. The van der Waals surface area contributed by atoms with Gasteiger partial charge in [-0.05, 0) is 30.9 Å². The second-order valence-corrected chi connectivity index (χ2v) is 7.40. The Hall–Kier alpha value is -3.11. The molecule has 3 aromatic rings. The number of benzene rings is 1. The van der Waals surface area contributed by atoms with Crippen LogP contribution in [0.5, 0.6) is 11.6 Å². The lowest BCUT2D eigenvalue weighted by molar-refractivity contribution is 0.448. The lowest BCUT2D eigenvalue weighted by atomic mass is 10.1. The van der Waals surface area contributed by atoms with Crippen molar-refractivity contribution in [1.82, 2.24) is 25.0 Å². The van der Waals surface area contributed by atoms with Gasteiger partial charge in [0, 0.05) is 11.1 Å². The van der Waals surface area contributed by atoms with Crippen LogP contribution in [0.3, 0.4) is 0 Å². The van der Waals surface area contributed by atoms with E-state index in [9.17, 15) is 14.4 Å². The number of fused-ring (bicyclic) bond motifs is 1. The Bertz CT molecular complexity index is 1290. The van der Waals surface area contributed by atoms with Crippen molar-refractivity contribution in [2.75, 3.05) is 5.73 Å². The number of aromatic nitrogens is 5. The minimum absolute atomic E-state index is 0.0683. The zero-order valence-corrected chi connectivity index (χ0v) is 16.5. The van der Waals surface area contributed by atoms with Gasteiger partial charge in [0.05, 0.1) is 15.7 Å². The van der Waals surface area contributed by atoms with E-state index in [1.165, 1.54) is 12.1 Å². The second-order valence-electron chi connectivity index (χ2n) is 6.59. The smallest absolute Gasteiger partial charge is 0.349 e. The quantitative estimate of drug-likeness (QED) is 0.565. The summed E-state index contributed by atoms with van der Waals surface area (Å²) in [5, 5.41) is 10.3. The molecule has 0 unspecified atom stereocenters. The lowest BCUT2D eigenvalue weighted by Crippen LogP contribution is -2.33. The van der Waals surface area contributed by atoms with Crippen LogP contribution < -0.4 is 27.3 Å². The van der Waals surface area contributed by atoms with Crippen molar-refractivity contribution >= 4 is 29.0 Å². The first-order valence-electron chi connectivity index (χ1n) is 8.54. The summed E-state index contributed by atoms with van der Waals surface area (Å²) in [6.45, 7) is 1.96. The summed E-state index contributed by atoms with van der Waals surface area (Å²) in [5.41, 5.74) is 5.15. The Balaban J connectivity index is 1.77. The number of nitrogens with zero attached hydrogens (tertiary/aromatic N) is 3. The molecule has 0 bridgehead atoms. The van der Waals surface area contributed by atoms with Gasteiger partial charge in [-0.3, -0.25) is 14.6 Å². The third-order valence-electron chi connectivity index (χ3n) is 4.69. The first-order valence-corrected chi connectivity index (χ1v) is 9.29. The molecule has 29 heavy (non-hydrogen) atoms. The maximum Gasteiger partial charge on any atom is 0.349 e. The van der Waals surface area contributed by atoms with Crippen LogP contribution in [-0.2, 0) is 6.42 Å². The van der Waals surface area contributed by atoms with Gasteiger partial charge < -0.3 is 10.5 Å². The lowest BCUT2D eigenvalue weighted by Gasteiger charge is -2.13. The van der Waals surface area contributed by atoms with Gasteiger partial charge >= 0.3 is 5.69 Å². The average Bonchev–Trinajstić information content (AvgIpc) is 3.05. The number of hydrogen-bond donors (Lipinski definition) is 3. The molecule has 0 aliphatic heterocycles. The van der Waals surface area contributed by atoms with E-state index in [1.807, 2.05) is 11.9 Å². The fourth-order valence-corrected chi connectivity index (χ4v) is 3.84. The van der Waals surface area contributed by atoms with Crippen LogP contribution in [0, 0.1) is 0 Å². The fourth-order valence-electron chi connectivity index (χ4n) is 3.28. The Kier molecular flexibility index (Phi) is 4.67. The van der Waals surface area contributed by atoms with Crippen LogP contribution in [0.15, 0.2) is 26.5 Å². The number of hydrogen-bond acceptors (Lipinski definition) is 7. The Labute approximate surface area is 172 Å². The van der Waals surface area contributed by atoms with Crippen molar-refractivity contribution in [3.05, 3.63) is 64.5 Å². The van der Waals surface area contributed by atoms with Crippen LogP contribution in [0.1, 0.15) is 30.4 Å². The van der Waals surface area contributed by atoms with Crippen molar-refractivity contribution < 1.29 is 4.74 Å². The summed E-state index contributed by atoms with van der Waals surface area (Å²) in [7, 11) is 0. The van der Waals surface area contributed by atoms with Gasteiger partial charge in [-0.1, -0.05) is 30.1 Å². The molecule has 0 amide bonds. The summed E-state index contributed by atoms with van der Waals surface area (Å²) in [6, 6.07) is 2.76. The van der Waals surface area contributed by atoms with E-state index >= 15 is 0 Å². The van der Waals surface area contributed by atoms with Gasteiger partial charge in [0.2, 0.25) is 11.7 Å². The van der Waals surface area contributed by atoms with Crippen LogP contribution in [-0.4, -0.2) is 25.0 Å². The molecule has 1 aliphatic carbocycles. The van der Waals surface area contributed by atoms with Gasteiger partial charge in [0.15, 0.2) is 5.75 Å². The third-order valence-corrected chi connectivity index (χ3v) is 5.25. The van der Waals surface area contributed by atoms with E-state index < -0.39 is 11.2 Å². The van der Waals surface area contributed by atoms with Crippen LogP contribution in [0.2, 0.25) is 10.0 Å². The first kappa shape index (κ1) is 19.2. The molecule has 1 atom stereocenters. The molecular weight excluding hydrogens is 423 g/mol. The molecule has 1 aromatic carbocycles. The molecule has 0 saturated heterocycles. The van der Waals surface area contributed by atoms with Crippen LogP contribution >= 0.6 is 23.2 Å². The minimum Gasteiger partial charge on any atom is -0.434 e. The highest BCUT2D eigenvalue weighted by atomic mass is 35.5. The molecular formula is C17H14Cl2N6O4. The number of nitrogens with two attached hydrogens (primary N) is 1. The largest absolute Gasteiger partial charge is 0.434 e. The number of halogens is 2. The SMILES string of the molecule is C[C@@H]1CCc2c(Oc3c(Cl)cc(-n4nc(N)c(=O)[nH]c4=O)cc3Cl)n[nH]c(=O)c21. The van der Waals surface area contributed by atoms with Gasteiger partial charge in [-0.15, -0.1) is 10.2 Å². The zero-order chi connectivity index (χ0) is 20.9. The number of nitrogens with one attached hydrogen (secondary N) is 2. The highest BCUT2D eigenvalue weighted by Gasteiger charge is 2.27. The fraction of sp³-hybridized carbons (Fsp3) is 0.235. The zero-order valence-electron chi connectivity index (χ0n) is 15.0. The first-order chi connectivity index (χ1) is 13.8. The van der Waals surface area contributed by atoms with Crippen LogP contribution in [0.25, 0.3) is 5.69 Å². The monoisotopic (exact) mass is 436 g/mol. The molecule has 0 spiro atoms. The summed E-state index contributed by atoms with van der Waals surface area (Å²) in [4.78, 5) is 37.5. The predicted octanol–water partition coefficient (Wildman–Crippen LogP) is 1.74. The molecule has 2 aromatic heterocycles. The second kappa shape index (κ2) is 7.05. The van der Waals surface area contributed by atoms with Gasteiger partial charge in [0.1, 0.15) is 0 Å². The maximum absolute atomic E-state index is 12.0. The molecule has 0 fully saturated rings. The van der Waals surface area contributed by atoms with Gasteiger partial charge in [0.25, 0.3) is 11.1 Å². The van der Waals surface area contributed by atoms with E-state index in [1.54, 1.807) is 0 Å². The molecule has 12 heteroatoms. The topological polar surface area (TPSA) is 149 Å². The molecule has 10 nitrogen and oxygen atoms in total. The standard InChI is InChI=1S/C17H14Cl2N6O4/c1-6-2-3-8-11(6)14(26)22-23-16(8)29-12-9(18)4-7(5-10(12)19)25-17(28)21-15(27)13(20)24-25/h4-6H,2-3H2,1H3,(H2,20,24)(H,22,26)(H,21,27,28)/t6-/m1/s1. The van der Waals surface area contributed by atoms with Gasteiger partial charge in [-0.2, -0.15) is 4.68 Å². The number of ether oxygens (including phenoxy) is 1. The van der Waals surface area contributed by atoms with Crippen molar-refractivity contribution in [3.63, 3.8) is 0 Å². The minimum atomic E-state index is -0.806. The van der Waals surface area contributed by atoms with Crippen molar-refractivity contribution in [1.29, 1.82) is 0 Å². The van der Waals surface area contributed by atoms with Crippen molar-refractivity contribution in [2.24, 2.45) is 0 Å². The van der Waals surface area contributed by atoms with E-state index in [4.69, 9.17) is 33.7 Å². The molecule has 0 radical (unpaired) electrons. The average molecular weight is 437 g/mol. The van der Waals surface area contributed by atoms with E-state index in [2.05, 4.69) is 15.3 Å². The molecule has 0 saturated carbocycles. The van der Waals surface area contributed by atoms with E-state index in [0.717, 1.165) is 11.1 Å². The van der Waals surface area contributed by atoms with Crippen molar-refractivity contribution in [3.8, 4) is 17.3 Å². The summed E-state index contributed by atoms with van der Waals surface area (Å²) in [5.74, 6) is 0.0169. The Morgan fingerprint density at radius 2 is 1.90 bits per heavy atom. The van der Waals surface area contributed by atoms with E-state index in [-0.39, 0.29) is 44.7 Å². The number of aromatic amines is 2. The maximum atomic E-state index is 12.0. The van der Waals surface area contributed by atoms with Crippen molar-refractivity contribution in [2.45, 2.75) is 25.7 Å². The third kappa shape index (κ3) is 3.30. The Morgan fingerprint density at radius 3 is 2.59 bits per heavy atom. The van der Waals surface area contributed by atoms with Crippen LogP contribution in [0.4, 0.5) is 5.82 Å². The number of nitrogen functional groups attached to an aromatic ring is 1. The molecule has 4 N–H and O–H groups in total. The number of H-pyrrole nitrogens is 2. The van der Waals surface area contributed by atoms with Gasteiger partial charge in [-0.25, -0.2) is 9.89 Å². The summed E-state index contributed by atoms with van der Waals surface area (Å²) < 4.78 is 6.67. The van der Waals surface area contributed by atoms with E-state index in [0.29, 0.717) is 17.5 Å². The molecule has 1 aliphatic rings. The summed E-state index contributed by atoms with van der Waals surface area (Å²) in [6.07, 6.45) is 1.45. The highest BCUT2D eigenvalue weighted by molar-refractivity contribution is 6.37. The summed E-state index contributed by atoms with van der Waals surface area (Å²) >= 11 is 12.6. The normalized spacial score (nSPS) is 15.3. The molecule has 4 rings (SSSR count). The number of rotatable bonds is 3.